The van der Waals surface area contributed by atoms with Gasteiger partial charge in [0.05, 0.1) is 13.2 Å². The maximum Gasteiger partial charge on any atom is 0.344 e. The van der Waals surface area contributed by atoms with Gasteiger partial charge in [0.25, 0.3) is 0 Å². The van der Waals surface area contributed by atoms with Crippen LogP contribution < -0.4 is 15.2 Å². The molecule has 100 valence electrons. The van der Waals surface area contributed by atoms with E-state index in [-0.39, 0.29) is 12.7 Å². The van der Waals surface area contributed by atoms with Gasteiger partial charge in [-0.15, -0.1) is 0 Å². The third-order valence-electron chi connectivity index (χ3n) is 2.18. The molecule has 5 heteroatoms. The predicted molar refractivity (Wildman–Crippen MR) is 67.6 cm³/mol. The number of benzene rings is 1. The van der Waals surface area contributed by atoms with Crippen molar-refractivity contribution in [2.75, 3.05) is 13.7 Å². The molecule has 5 nitrogen and oxygen atoms in total. The van der Waals surface area contributed by atoms with E-state index in [1.54, 1.807) is 26.0 Å². The minimum atomic E-state index is -0.412. The van der Waals surface area contributed by atoms with E-state index < -0.39 is 5.97 Å². The first kappa shape index (κ1) is 14.3. The molecule has 0 bridgehead atoms. The fourth-order valence-corrected chi connectivity index (χ4v) is 1.39. The number of hydrogen-bond donors (Lipinski definition) is 1. The van der Waals surface area contributed by atoms with Gasteiger partial charge in [-0.25, -0.2) is 4.79 Å². The lowest BCUT2D eigenvalue weighted by Crippen LogP contribution is -2.19. The van der Waals surface area contributed by atoms with Crippen LogP contribution in [0.25, 0.3) is 0 Å². The smallest absolute Gasteiger partial charge is 0.344 e. The van der Waals surface area contributed by atoms with Gasteiger partial charge in [-0.3, -0.25) is 0 Å². The summed E-state index contributed by atoms with van der Waals surface area (Å²) in [5.41, 5.74) is 6.45. The molecule has 0 saturated carbocycles. The summed E-state index contributed by atoms with van der Waals surface area (Å²) in [7, 11) is 1.54. The van der Waals surface area contributed by atoms with Crippen molar-refractivity contribution in [2.45, 2.75) is 26.5 Å². The van der Waals surface area contributed by atoms with Crippen LogP contribution in [0.3, 0.4) is 0 Å². The van der Waals surface area contributed by atoms with Crippen molar-refractivity contribution in [1.82, 2.24) is 0 Å². The van der Waals surface area contributed by atoms with Crippen LogP contribution in [0.5, 0.6) is 11.5 Å². The Balaban J connectivity index is 2.67. The number of ether oxygens (including phenoxy) is 3. The lowest BCUT2D eigenvalue weighted by Gasteiger charge is -2.12. The largest absolute Gasteiger partial charge is 0.493 e. The zero-order valence-corrected chi connectivity index (χ0v) is 10.9. The fourth-order valence-electron chi connectivity index (χ4n) is 1.39. The number of carbonyl (C=O) groups is 1. The Kier molecular flexibility index (Phi) is 5.45. The average Bonchev–Trinajstić information content (AvgIpc) is 2.35. The predicted octanol–water partition coefficient (Wildman–Crippen LogP) is 1.48. The maximum atomic E-state index is 11.4. The van der Waals surface area contributed by atoms with Crippen molar-refractivity contribution in [3.05, 3.63) is 23.8 Å². The fraction of sp³-hybridized carbons (Fsp3) is 0.462. The second-order valence-electron chi connectivity index (χ2n) is 4.02. The second-order valence-corrected chi connectivity index (χ2v) is 4.02. The van der Waals surface area contributed by atoms with Gasteiger partial charge in [0, 0.05) is 6.54 Å². The third kappa shape index (κ3) is 4.25. The molecule has 1 aromatic carbocycles. The minimum absolute atomic E-state index is 0.150. The Labute approximate surface area is 107 Å². The molecule has 0 amide bonds. The Morgan fingerprint density at radius 2 is 2.06 bits per heavy atom. The Morgan fingerprint density at radius 3 is 2.61 bits per heavy atom. The highest BCUT2D eigenvalue weighted by atomic mass is 16.6. The summed E-state index contributed by atoms with van der Waals surface area (Å²) in [5, 5.41) is 0. The molecule has 0 radical (unpaired) electrons. The molecule has 0 aliphatic carbocycles. The molecule has 0 heterocycles. The summed E-state index contributed by atoms with van der Waals surface area (Å²) < 4.78 is 15.5. The molecule has 1 aromatic rings. The van der Waals surface area contributed by atoms with Gasteiger partial charge in [0.1, 0.15) is 0 Å². The van der Waals surface area contributed by atoms with Crippen LogP contribution in [-0.2, 0) is 16.1 Å². The molecular formula is C13H19NO4. The zero-order chi connectivity index (χ0) is 13.5. The van der Waals surface area contributed by atoms with Crippen molar-refractivity contribution >= 4 is 5.97 Å². The molecule has 0 fully saturated rings. The van der Waals surface area contributed by atoms with E-state index >= 15 is 0 Å². The third-order valence-corrected chi connectivity index (χ3v) is 2.18. The van der Waals surface area contributed by atoms with Crippen LogP contribution in [0.15, 0.2) is 18.2 Å². The van der Waals surface area contributed by atoms with E-state index in [4.69, 9.17) is 19.9 Å². The monoisotopic (exact) mass is 253 g/mol. The van der Waals surface area contributed by atoms with Crippen molar-refractivity contribution in [3.63, 3.8) is 0 Å². The summed E-state index contributed by atoms with van der Waals surface area (Å²) >= 11 is 0. The van der Waals surface area contributed by atoms with E-state index in [0.717, 1.165) is 5.56 Å². The van der Waals surface area contributed by atoms with Gasteiger partial charge in [0.15, 0.2) is 18.1 Å². The number of esters is 1. The first-order valence-electron chi connectivity index (χ1n) is 5.76. The topological polar surface area (TPSA) is 70.8 Å². The molecule has 1 rings (SSSR count). The molecule has 0 atom stereocenters. The molecule has 0 aliphatic heterocycles. The van der Waals surface area contributed by atoms with Gasteiger partial charge >= 0.3 is 5.97 Å². The lowest BCUT2D eigenvalue weighted by atomic mass is 10.2. The van der Waals surface area contributed by atoms with E-state index in [0.29, 0.717) is 18.0 Å². The Hall–Kier alpha value is -1.75. The van der Waals surface area contributed by atoms with E-state index in [2.05, 4.69) is 0 Å². The summed E-state index contributed by atoms with van der Waals surface area (Å²) in [4.78, 5) is 11.4. The Bertz CT molecular complexity index is 404. The quantitative estimate of drug-likeness (QED) is 0.778. The van der Waals surface area contributed by atoms with Crippen molar-refractivity contribution in [3.8, 4) is 11.5 Å². The summed E-state index contributed by atoms with van der Waals surface area (Å²) in [6.07, 6.45) is -0.154. The van der Waals surface area contributed by atoms with Crippen LogP contribution in [0.2, 0.25) is 0 Å². The number of hydrogen-bond acceptors (Lipinski definition) is 5. The first-order chi connectivity index (χ1) is 8.56. The maximum absolute atomic E-state index is 11.4. The minimum Gasteiger partial charge on any atom is -0.493 e. The van der Waals surface area contributed by atoms with Crippen LogP contribution >= 0.6 is 0 Å². The van der Waals surface area contributed by atoms with Crippen LogP contribution in [0, 0.1) is 0 Å². The molecule has 0 aromatic heterocycles. The van der Waals surface area contributed by atoms with Crippen molar-refractivity contribution < 1.29 is 19.0 Å². The number of carbonyl (C=O) groups excluding carboxylic acids is 1. The van der Waals surface area contributed by atoms with Gasteiger partial charge < -0.3 is 19.9 Å². The van der Waals surface area contributed by atoms with E-state index in [1.807, 2.05) is 6.07 Å². The number of rotatable bonds is 6. The van der Waals surface area contributed by atoms with Gasteiger partial charge in [0.2, 0.25) is 0 Å². The summed E-state index contributed by atoms with van der Waals surface area (Å²) in [6, 6.07) is 5.35. The summed E-state index contributed by atoms with van der Waals surface area (Å²) in [5.74, 6) is 0.635. The van der Waals surface area contributed by atoms with E-state index in [1.165, 1.54) is 7.11 Å². The first-order valence-corrected chi connectivity index (χ1v) is 5.76. The van der Waals surface area contributed by atoms with Crippen molar-refractivity contribution in [1.29, 1.82) is 0 Å². The number of methoxy groups -OCH3 is 1. The lowest BCUT2D eigenvalue weighted by molar-refractivity contribution is -0.149. The summed E-state index contributed by atoms with van der Waals surface area (Å²) in [6.45, 7) is 3.82. The normalized spacial score (nSPS) is 10.3. The standard InChI is InChI=1S/C13H19NO4/c1-9(2)18-13(15)8-17-12-6-10(7-14)4-5-11(12)16-3/h4-6,9H,7-8,14H2,1-3H3. The molecule has 18 heavy (non-hydrogen) atoms. The highest BCUT2D eigenvalue weighted by Gasteiger charge is 2.10. The highest BCUT2D eigenvalue weighted by Crippen LogP contribution is 2.27. The molecule has 0 aliphatic rings. The molecule has 0 saturated heterocycles. The van der Waals surface area contributed by atoms with Crippen molar-refractivity contribution in [2.24, 2.45) is 5.73 Å². The van der Waals surface area contributed by atoms with Gasteiger partial charge in [-0.05, 0) is 31.5 Å². The van der Waals surface area contributed by atoms with Crippen LogP contribution in [0.1, 0.15) is 19.4 Å². The second kappa shape index (κ2) is 6.86. The molecule has 0 spiro atoms. The number of nitrogens with two attached hydrogens (primary N) is 1. The Morgan fingerprint density at radius 1 is 1.33 bits per heavy atom. The van der Waals surface area contributed by atoms with Gasteiger partial charge in [-0.1, -0.05) is 6.07 Å². The van der Waals surface area contributed by atoms with Crippen LogP contribution in [0.4, 0.5) is 0 Å². The van der Waals surface area contributed by atoms with E-state index in [9.17, 15) is 4.79 Å². The van der Waals surface area contributed by atoms with Crippen LogP contribution in [-0.4, -0.2) is 25.8 Å². The van der Waals surface area contributed by atoms with Gasteiger partial charge in [-0.2, -0.15) is 0 Å². The molecule has 0 unspecified atom stereocenters. The average molecular weight is 253 g/mol. The molecular weight excluding hydrogens is 234 g/mol. The SMILES string of the molecule is COc1ccc(CN)cc1OCC(=O)OC(C)C. The zero-order valence-electron chi connectivity index (χ0n) is 10.9. The highest BCUT2D eigenvalue weighted by molar-refractivity contribution is 5.71. The molecule has 2 N–H and O–H groups in total.